The lowest BCUT2D eigenvalue weighted by atomic mass is 10.1. The second kappa shape index (κ2) is 12.6. The van der Waals surface area contributed by atoms with Crippen molar-refractivity contribution in [3.05, 3.63) is 65.7 Å². The molecule has 1 amide bonds. The van der Waals surface area contributed by atoms with Crippen molar-refractivity contribution in [2.75, 3.05) is 59.7 Å². The Morgan fingerprint density at radius 2 is 1.85 bits per heavy atom. The minimum atomic E-state index is -0.737. The molecule has 0 bridgehead atoms. The van der Waals surface area contributed by atoms with Crippen molar-refractivity contribution in [3.63, 3.8) is 0 Å². The molecule has 0 unspecified atom stereocenters. The van der Waals surface area contributed by atoms with Crippen molar-refractivity contribution < 1.29 is 32.9 Å². The number of halogens is 2. The molecule has 0 spiro atoms. The smallest absolute Gasteiger partial charge is 0.254 e. The molecule has 0 saturated carbocycles. The number of aliphatic hydroxyl groups is 1. The largest absolute Gasteiger partial charge is 0.491 e. The maximum Gasteiger partial charge on any atom is 0.254 e. The maximum atomic E-state index is 13.2. The highest BCUT2D eigenvalue weighted by Gasteiger charge is 2.26. The number of carbonyl (C=O) groups excluding carboxylic acids is 1. The first-order valence-corrected chi connectivity index (χ1v) is 10.9. The summed E-state index contributed by atoms with van der Waals surface area (Å²) in [5.41, 5.74) is 0.397. The predicted molar refractivity (Wildman–Crippen MR) is 118 cm³/mol. The highest BCUT2D eigenvalue weighted by atomic mass is 19.1. The number of hydrogen-bond donors (Lipinski definition) is 1. The van der Waals surface area contributed by atoms with Crippen LogP contribution in [0.2, 0.25) is 0 Å². The standard InChI is InChI=1S/C24H30F2N2O5/c1-31-12-11-28(24(30)18-2-4-19(25)5-3-18)16-23-15-27(10-13-32-23)14-21(29)17-33-22-8-6-20(26)7-9-22/h2-9,21,23,29H,10-17H2,1H3/t21-,23-/m0/s1. The summed E-state index contributed by atoms with van der Waals surface area (Å²) in [6.45, 7) is 3.20. The summed E-state index contributed by atoms with van der Waals surface area (Å²) in [6.07, 6.45) is -0.982. The summed E-state index contributed by atoms with van der Waals surface area (Å²) in [4.78, 5) is 16.6. The summed E-state index contributed by atoms with van der Waals surface area (Å²) in [6, 6.07) is 11.1. The molecule has 1 heterocycles. The fourth-order valence-electron chi connectivity index (χ4n) is 3.63. The van der Waals surface area contributed by atoms with Crippen LogP contribution in [0.5, 0.6) is 5.75 Å². The van der Waals surface area contributed by atoms with Crippen LogP contribution in [0, 0.1) is 11.6 Å². The lowest BCUT2D eigenvalue weighted by molar-refractivity contribution is -0.0546. The Bertz CT molecular complexity index is 866. The molecule has 180 valence electrons. The molecule has 1 aliphatic rings. The Labute approximate surface area is 192 Å². The molecule has 1 fully saturated rings. The quantitative estimate of drug-likeness (QED) is 0.550. The Balaban J connectivity index is 1.51. The Kier molecular flexibility index (Phi) is 9.56. The first-order valence-electron chi connectivity index (χ1n) is 10.9. The Morgan fingerprint density at radius 1 is 1.18 bits per heavy atom. The van der Waals surface area contributed by atoms with Gasteiger partial charge in [-0.25, -0.2) is 8.78 Å². The van der Waals surface area contributed by atoms with Crippen molar-refractivity contribution in [3.8, 4) is 5.75 Å². The first-order chi connectivity index (χ1) is 15.9. The van der Waals surface area contributed by atoms with Crippen LogP contribution in [-0.2, 0) is 9.47 Å². The molecule has 1 N–H and O–H groups in total. The van der Waals surface area contributed by atoms with Crippen LogP contribution in [-0.4, -0.2) is 92.7 Å². The lowest BCUT2D eigenvalue weighted by Crippen LogP contribution is -2.51. The summed E-state index contributed by atoms with van der Waals surface area (Å²) in [7, 11) is 1.56. The summed E-state index contributed by atoms with van der Waals surface area (Å²) >= 11 is 0. The summed E-state index contributed by atoms with van der Waals surface area (Å²) in [5.74, 6) is -0.480. The number of nitrogens with zero attached hydrogens (tertiary/aromatic N) is 2. The fourth-order valence-corrected chi connectivity index (χ4v) is 3.63. The molecular weight excluding hydrogens is 434 g/mol. The zero-order valence-corrected chi connectivity index (χ0v) is 18.7. The normalized spacial score (nSPS) is 17.5. The van der Waals surface area contributed by atoms with E-state index in [-0.39, 0.29) is 24.4 Å². The number of β-amino-alcohol motifs (C(OH)–C–C–N with tert-alkyl or cyclic N) is 1. The lowest BCUT2D eigenvalue weighted by Gasteiger charge is -2.36. The molecule has 1 saturated heterocycles. The van der Waals surface area contributed by atoms with E-state index in [2.05, 4.69) is 4.90 Å². The SMILES string of the molecule is COCCN(C[C@@H]1CN(C[C@H](O)COc2ccc(F)cc2)CCO1)C(=O)c1ccc(F)cc1. The molecule has 0 radical (unpaired) electrons. The van der Waals surface area contributed by atoms with E-state index < -0.39 is 11.9 Å². The second-order valence-corrected chi connectivity index (χ2v) is 7.92. The van der Waals surface area contributed by atoms with Gasteiger partial charge in [-0.1, -0.05) is 0 Å². The molecule has 2 aromatic rings. The van der Waals surface area contributed by atoms with E-state index >= 15 is 0 Å². The van der Waals surface area contributed by atoms with Crippen molar-refractivity contribution in [1.82, 2.24) is 9.80 Å². The van der Waals surface area contributed by atoms with Gasteiger partial charge in [0.05, 0.1) is 19.3 Å². The molecule has 0 aliphatic carbocycles. The van der Waals surface area contributed by atoms with Crippen molar-refractivity contribution in [1.29, 1.82) is 0 Å². The number of hydrogen-bond acceptors (Lipinski definition) is 6. The Hall–Kier alpha value is -2.59. The van der Waals surface area contributed by atoms with E-state index in [1.165, 1.54) is 48.5 Å². The van der Waals surface area contributed by atoms with Crippen LogP contribution in [0.1, 0.15) is 10.4 Å². The monoisotopic (exact) mass is 464 g/mol. The van der Waals surface area contributed by atoms with E-state index in [0.717, 1.165) is 0 Å². The van der Waals surface area contributed by atoms with Crippen molar-refractivity contribution in [2.24, 2.45) is 0 Å². The van der Waals surface area contributed by atoms with Gasteiger partial charge in [-0.2, -0.15) is 0 Å². The fraction of sp³-hybridized carbons (Fsp3) is 0.458. The van der Waals surface area contributed by atoms with E-state index in [9.17, 15) is 18.7 Å². The van der Waals surface area contributed by atoms with Gasteiger partial charge in [0, 0.05) is 45.4 Å². The van der Waals surface area contributed by atoms with Gasteiger partial charge in [-0.3, -0.25) is 9.69 Å². The molecule has 9 heteroatoms. The van der Waals surface area contributed by atoms with Crippen LogP contribution in [0.4, 0.5) is 8.78 Å². The molecule has 0 aromatic heterocycles. The molecule has 2 atom stereocenters. The number of benzene rings is 2. The van der Waals surface area contributed by atoms with E-state index in [1.807, 2.05) is 0 Å². The van der Waals surface area contributed by atoms with Gasteiger partial charge in [-0.05, 0) is 48.5 Å². The highest BCUT2D eigenvalue weighted by Crippen LogP contribution is 2.14. The van der Waals surface area contributed by atoms with Crippen LogP contribution in [0.25, 0.3) is 0 Å². The molecule has 3 rings (SSSR count). The van der Waals surface area contributed by atoms with Crippen LogP contribution >= 0.6 is 0 Å². The summed E-state index contributed by atoms with van der Waals surface area (Å²) in [5, 5.41) is 10.4. The van der Waals surface area contributed by atoms with Gasteiger partial charge in [0.25, 0.3) is 5.91 Å². The minimum absolute atomic E-state index is 0.0800. The topological polar surface area (TPSA) is 71.5 Å². The molecule has 33 heavy (non-hydrogen) atoms. The van der Waals surface area contributed by atoms with Gasteiger partial charge < -0.3 is 24.2 Å². The second-order valence-electron chi connectivity index (χ2n) is 7.92. The molecule has 2 aromatic carbocycles. The van der Waals surface area contributed by atoms with E-state index in [4.69, 9.17) is 14.2 Å². The Morgan fingerprint density at radius 3 is 2.52 bits per heavy atom. The number of ether oxygens (including phenoxy) is 3. The number of morpholine rings is 1. The van der Waals surface area contributed by atoms with E-state index in [0.29, 0.717) is 57.3 Å². The predicted octanol–water partition coefficient (Wildman–Crippen LogP) is 2.19. The van der Waals surface area contributed by atoms with Gasteiger partial charge >= 0.3 is 0 Å². The van der Waals surface area contributed by atoms with Crippen LogP contribution in [0.3, 0.4) is 0 Å². The minimum Gasteiger partial charge on any atom is -0.491 e. The third-order valence-electron chi connectivity index (χ3n) is 5.32. The number of aliphatic hydroxyl groups excluding tert-OH is 1. The van der Waals surface area contributed by atoms with Crippen LogP contribution in [0.15, 0.2) is 48.5 Å². The van der Waals surface area contributed by atoms with Crippen molar-refractivity contribution >= 4 is 5.91 Å². The van der Waals surface area contributed by atoms with E-state index in [1.54, 1.807) is 12.0 Å². The van der Waals surface area contributed by atoms with Crippen molar-refractivity contribution in [2.45, 2.75) is 12.2 Å². The number of amides is 1. The molecular formula is C24H30F2N2O5. The zero-order chi connectivity index (χ0) is 23.6. The van der Waals surface area contributed by atoms with Gasteiger partial charge in [0.15, 0.2) is 0 Å². The molecule has 1 aliphatic heterocycles. The summed E-state index contributed by atoms with van der Waals surface area (Å²) < 4.78 is 42.7. The maximum absolute atomic E-state index is 13.2. The number of methoxy groups -OCH3 is 1. The van der Waals surface area contributed by atoms with Gasteiger partial charge in [0.2, 0.25) is 0 Å². The van der Waals surface area contributed by atoms with Crippen LogP contribution < -0.4 is 4.74 Å². The van der Waals surface area contributed by atoms with Gasteiger partial charge in [0.1, 0.15) is 30.1 Å². The van der Waals surface area contributed by atoms with Gasteiger partial charge in [-0.15, -0.1) is 0 Å². The zero-order valence-electron chi connectivity index (χ0n) is 18.7. The average molecular weight is 465 g/mol. The molecule has 7 nitrogen and oxygen atoms in total. The number of carbonyl (C=O) groups is 1. The highest BCUT2D eigenvalue weighted by molar-refractivity contribution is 5.94. The third kappa shape index (κ3) is 8.04. The third-order valence-corrected chi connectivity index (χ3v) is 5.32. The average Bonchev–Trinajstić information content (AvgIpc) is 2.81. The number of rotatable bonds is 11. The first kappa shape index (κ1) is 25.0.